The standard InChI is InChI=1S/C25H33N7O3S/c1-3-36(33,34)19-8-4-7-18-17(19)6-5-11-32(18)24-21-23(29-30-24)28-20(14-27-21)31-12-9-25(10-13-31)15-35-16(2)22(25)26/h4,7-8,14,16,22H,3,5-6,9-13,15,26H2,1-2H3,(H,28,29,30)/t16-,22+/m0/s1. The zero-order chi connectivity index (χ0) is 25.1. The second-order valence-electron chi connectivity index (χ2n) is 10.3. The topological polar surface area (TPSA) is 130 Å². The van der Waals surface area contributed by atoms with Gasteiger partial charge < -0.3 is 20.3 Å². The van der Waals surface area contributed by atoms with Crippen LogP contribution >= 0.6 is 0 Å². The van der Waals surface area contributed by atoms with Gasteiger partial charge in [-0.25, -0.2) is 18.4 Å². The number of sulfone groups is 1. The third-order valence-corrected chi connectivity index (χ3v) is 10.2. The molecule has 0 radical (unpaired) electrons. The zero-order valence-electron chi connectivity index (χ0n) is 20.8. The fourth-order valence-electron chi connectivity index (χ4n) is 6.03. The molecular formula is C25H33N7O3S. The molecule has 5 heterocycles. The van der Waals surface area contributed by atoms with Crippen molar-refractivity contribution >= 4 is 38.3 Å². The Hall–Kier alpha value is -2.76. The molecule has 0 saturated carbocycles. The van der Waals surface area contributed by atoms with Crippen molar-refractivity contribution in [1.29, 1.82) is 0 Å². The average molecular weight is 512 g/mol. The van der Waals surface area contributed by atoms with Gasteiger partial charge in [-0.05, 0) is 50.3 Å². The summed E-state index contributed by atoms with van der Waals surface area (Å²) < 4.78 is 31.3. The van der Waals surface area contributed by atoms with Gasteiger partial charge in [-0.1, -0.05) is 13.0 Å². The van der Waals surface area contributed by atoms with E-state index in [4.69, 9.17) is 20.4 Å². The van der Waals surface area contributed by atoms with Crippen LogP contribution in [0.25, 0.3) is 11.2 Å². The number of rotatable bonds is 4. The third-order valence-electron chi connectivity index (χ3n) is 8.35. The van der Waals surface area contributed by atoms with E-state index in [2.05, 4.69) is 26.9 Å². The summed E-state index contributed by atoms with van der Waals surface area (Å²) >= 11 is 0. The molecule has 11 heteroatoms. The van der Waals surface area contributed by atoms with Crippen LogP contribution in [0.4, 0.5) is 17.3 Å². The van der Waals surface area contributed by atoms with Gasteiger partial charge in [-0.2, -0.15) is 5.10 Å². The van der Waals surface area contributed by atoms with Crippen molar-refractivity contribution < 1.29 is 13.2 Å². The molecule has 10 nitrogen and oxygen atoms in total. The van der Waals surface area contributed by atoms with Crippen molar-refractivity contribution in [3.8, 4) is 0 Å². The number of nitrogens with two attached hydrogens (primary N) is 1. The number of hydrogen-bond donors (Lipinski definition) is 2. The van der Waals surface area contributed by atoms with Gasteiger partial charge in [0.2, 0.25) is 0 Å². The SMILES string of the molecule is CCS(=O)(=O)c1cccc2c1CCCN2c1n[nH]c2nc(N3CCC4(CC3)CO[C@@H](C)[C@H]4N)cnc12. The van der Waals surface area contributed by atoms with E-state index in [0.717, 1.165) is 69.0 Å². The van der Waals surface area contributed by atoms with Gasteiger partial charge >= 0.3 is 0 Å². The van der Waals surface area contributed by atoms with E-state index in [1.807, 2.05) is 18.3 Å². The highest BCUT2D eigenvalue weighted by atomic mass is 32.2. The summed E-state index contributed by atoms with van der Waals surface area (Å²) in [6, 6.07) is 5.56. The molecule has 1 spiro atoms. The van der Waals surface area contributed by atoms with Crippen LogP contribution in [0.3, 0.4) is 0 Å². The molecule has 192 valence electrons. The Balaban J connectivity index is 1.28. The van der Waals surface area contributed by atoms with E-state index in [-0.39, 0.29) is 23.3 Å². The lowest BCUT2D eigenvalue weighted by Gasteiger charge is -2.41. The Morgan fingerprint density at radius 3 is 2.78 bits per heavy atom. The fourth-order valence-corrected chi connectivity index (χ4v) is 7.21. The molecule has 3 aromatic rings. The van der Waals surface area contributed by atoms with Crippen molar-refractivity contribution in [2.75, 3.05) is 41.8 Å². The number of nitrogens with zero attached hydrogens (tertiary/aromatic N) is 5. The first-order valence-corrected chi connectivity index (χ1v) is 14.4. The lowest BCUT2D eigenvalue weighted by Crippen LogP contribution is -2.50. The molecular weight excluding hydrogens is 478 g/mol. The molecule has 3 aliphatic heterocycles. The van der Waals surface area contributed by atoms with Crippen molar-refractivity contribution in [1.82, 2.24) is 20.2 Å². The summed E-state index contributed by atoms with van der Waals surface area (Å²) in [6.45, 7) is 6.93. The molecule has 0 aliphatic carbocycles. The molecule has 2 fully saturated rings. The number of ether oxygens (including phenoxy) is 1. The zero-order valence-corrected chi connectivity index (χ0v) is 21.6. The van der Waals surface area contributed by atoms with E-state index < -0.39 is 9.84 Å². The monoisotopic (exact) mass is 511 g/mol. The molecule has 3 aliphatic rings. The Morgan fingerprint density at radius 2 is 2.06 bits per heavy atom. The van der Waals surface area contributed by atoms with Gasteiger partial charge in [-0.3, -0.25) is 5.10 Å². The fraction of sp³-hybridized carbons (Fsp3) is 0.560. The highest BCUT2D eigenvalue weighted by Crippen LogP contribution is 2.42. The van der Waals surface area contributed by atoms with Crippen LogP contribution in [0.1, 0.15) is 38.7 Å². The number of piperidine rings is 1. The second kappa shape index (κ2) is 8.67. The van der Waals surface area contributed by atoms with Gasteiger partial charge in [-0.15, -0.1) is 0 Å². The van der Waals surface area contributed by atoms with E-state index in [1.165, 1.54) is 0 Å². The summed E-state index contributed by atoms with van der Waals surface area (Å²) in [6.07, 6.45) is 5.43. The van der Waals surface area contributed by atoms with Gasteiger partial charge in [0, 0.05) is 36.8 Å². The normalized spacial score (nSPS) is 24.0. The molecule has 1 aromatic carbocycles. The van der Waals surface area contributed by atoms with E-state index in [1.54, 1.807) is 13.0 Å². The molecule has 0 bridgehead atoms. The predicted octanol–water partition coefficient (Wildman–Crippen LogP) is 2.56. The number of aromatic amines is 1. The number of hydrogen-bond acceptors (Lipinski definition) is 9. The average Bonchev–Trinajstić information content (AvgIpc) is 3.45. The maximum Gasteiger partial charge on any atom is 0.183 e. The van der Waals surface area contributed by atoms with Crippen molar-refractivity contribution in [3.05, 3.63) is 30.0 Å². The molecule has 2 saturated heterocycles. The Labute approximate surface area is 211 Å². The predicted molar refractivity (Wildman–Crippen MR) is 138 cm³/mol. The summed E-state index contributed by atoms with van der Waals surface area (Å²) in [4.78, 5) is 14.4. The molecule has 3 N–H and O–H groups in total. The lowest BCUT2D eigenvalue weighted by atomic mass is 9.73. The Bertz CT molecular complexity index is 1400. The van der Waals surface area contributed by atoms with E-state index in [9.17, 15) is 8.42 Å². The lowest BCUT2D eigenvalue weighted by molar-refractivity contribution is 0.0974. The molecule has 0 unspecified atom stereocenters. The maximum atomic E-state index is 12.7. The number of anilines is 3. The van der Waals surface area contributed by atoms with Crippen LogP contribution in [0.5, 0.6) is 0 Å². The Kier molecular flexibility index (Phi) is 5.69. The van der Waals surface area contributed by atoms with Gasteiger partial charge in [0.15, 0.2) is 26.8 Å². The van der Waals surface area contributed by atoms with Crippen LogP contribution in [-0.2, 0) is 21.0 Å². The van der Waals surface area contributed by atoms with Crippen molar-refractivity contribution in [2.45, 2.75) is 56.6 Å². The van der Waals surface area contributed by atoms with Crippen molar-refractivity contribution in [2.24, 2.45) is 11.1 Å². The molecule has 0 amide bonds. The minimum Gasteiger partial charge on any atom is -0.376 e. The number of fused-ring (bicyclic) bond motifs is 2. The van der Waals surface area contributed by atoms with Gasteiger partial charge in [0.25, 0.3) is 0 Å². The third kappa shape index (κ3) is 3.67. The number of aromatic nitrogens is 4. The van der Waals surface area contributed by atoms with Crippen LogP contribution in [-0.4, -0.2) is 72.7 Å². The maximum absolute atomic E-state index is 12.7. The summed E-state index contributed by atoms with van der Waals surface area (Å²) in [5.74, 6) is 1.58. The summed E-state index contributed by atoms with van der Waals surface area (Å²) in [5.41, 5.74) is 9.57. The minimum atomic E-state index is -3.31. The van der Waals surface area contributed by atoms with Crippen LogP contribution in [0, 0.1) is 5.41 Å². The highest BCUT2D eigenvalue weighted by molar-refractivity contribution is 7.91. The first-order chi connectivity index (χ1) is 17.3. The van der Waals surface area contributed by atoms with Gasteiger partial charge in [0.05, 0.1) is 29.6 Å². The second-order valence-corrected chi connectivity index (χ2v) is 12.5. The number of nitrogens with one attached hydrogen (secondary N) is 1. The van der Waals surface area contributed by atoms with Gasteiger partial charge in [0.1, 0.15) is 5.82 Å². The van der Waals surface area contributed by atoms with Crippen LogP contribution < -0.4 is 15.5 Å². The largest absolute Gasteiger partial charge is 0.376 e. The molecule has 6 rings (SSSR count). The molecule has 2 atom stereocenters. The van der Waals surface area contributed by atoms with Crippen LogP contribution in [0.15, 0.2) is 29.3 Å². The first kappa shape index (κ1) is 23.6. The van der Waals surface area contributed by atoms with E-state index >= 15 is 0 Å². The number of H-pyrrole nitrogens is 1. The summed E-state index contributed by atoms with van der Waals surface area (Å²) in [7, 11) is -3.31. The molecule has 2 aromatic heterocycles. The summed E-state index contributed by atoms with van der Waals surface area (Å²) in [5, 5.41) is 7.63. The minimum absolute atomic E-state index is 0.0559. The highest BCUT2D eigenvalue weighted by Gasteiger charge is 2.47. The first-order valence-electron chi connectivity index (χ1n) is 12.8. The Morgan fingerprint density at radius 1 is 1.25 bits per heavy atom. The van der Waals surface area contributed by atoms with Crippen LogP contribution in [0.2, 0.25) is 0 Å². The quantitative estimate of drug-likeness (QED) is 0.543. The van der Waals surface area contributed by atoms with E-state index in [0.29, 0.717) is 21.9 Å². The number of benzene rings is 1. The smallest absolute Gasteiger partial charge is 0.183 e. The molecule has 36 heavy (non-hydrogen) atoms. The van der Waals surface area contributed by atoms with Crippen molar-refractivity contribution in [3.63, 3.8) is 0 Å².